The molecule has 0 aliphatic heterocycles. The summed E-state index contributed by atoms with van der Waals surface area (Å²) in [6.45, 7) is 0. The van der Waals surface area contributed by atoms with Gasteiger partial charge < -0.3 is 29.1 Å². The minimum absolute atomic E-state index is 0. The summed E-state index contributed by atoms with van der Waals surface area (Å²) in [6, 6.07) is 12.0. The van der Waals surface area contributed by atoms with E-state index >= 15 is 0 Å². The standard InChI is InChI=1S/C26H19N5O13S4.4Na/c27-20-12-18-13(9-23(20)47(39,40)41)10-24(48(42,43)44)25(26(18)32)31-30-22-8-7-21(17-6-5-16(11-19(17)22)46(36,37)38)29-28-14-1-3-15(4-2-14)45(33,34)35;;;;/h1-12,32H,27H2,(H,33,34,35)(H,36,37,38)(H,39,40,41)(H,42,43,44);;;;/q;4*+1/p-4/b29-28+,31-30+;;;;. The van der Waals surface area contributed by atoms with Gasteiger partial charge in [-0.05, 0) is 72.1 Å². The summed E-state index contributed by atoms with van der Waals surface area (Å²) in [7, 11) is -20.3. The molecular weight excluding hydrogens is 811 g/mol. The SMILES string of the molecule is Nc1cc2c(O)c(/N=N/c3ccc(/N=N/c4ccc(S(=O)(=O)[O-])cc4)c4ccc(S(=O)(=O)[O-])cc34)c(S(=O)(=O)[O-])cc2cc1S(=O)(=O)[O-].[Na+].[Na+].[Na+].[Na+]. The van der Waals surface area contributed by atoms with Crippen LogP contribution in [0.15, 0.2) is 113 Å². The van der Waals surface area contributed by atoms with Crippen LogP contribution < -0.4 is 124 Å². The topological polar surface area (TPSA) is 324 Å². The summed E-state index contributed by atoms with van der Waals surface area (Å²) in [5, 5.41) is 25.8. The van der Waals surface area contributed by atoms with Crippen LogP contribution in [0.25, 0.3) is 21.5 Å². The maximum Gasteiger partial charge on any atom is 1.00 e. The zero-order valence-electron chi connectivity index (χ0n) is 27.3. The molecular formula is C26H15N5Na4O13S4. The van der Waals surface area contributed by atoms with Crippen LogP contribution in [0.4, 0.5) is 28.4 Å². The summed E-state index contributed by atoms with van der Waals surface area (Å²) in [5.74, 6) is -0.999. The molecule has 5 aromatic rings. The Morgan fingerprint density at radius 2 is 0.981 bits per heavy atom. The molecule has 26 heteroatoms. The van der Waals surface area contributed by atoms with Gasteiger partial charge in [0, 0.05) is 21.8 Å². The van der Waals surface area contributed by atoms with E-state index in [2.05, 4.69) is 20.5 Å². The minimum Gasteiger partial charge on any atom is -0.744 e. The van der Waals surface area contributed by atoms with Crippen LogP contribution in [0, 0.1) is 0 Å². The van der Waals surface area contributed by atoms with E-state index in [1.54, 1.807) is 0 Å². The molecule has 250 valence electrons. The number of hydrogen-bond donors (Lipinski definition) is 2. The van der Waals surface area contributed by atoms with Crippen molar-refractivity contribution < 1.29 is 175 Å². The van der Waals surface area contributed by atoms with E-state index in [-0.39, 0.29) is 157 Å². The number of hydrogen-bond acceptors (Lipinski definition) is 18. The molecule has 3 N–H and O–H groups in total. The van der Waals surface area contributed by atoms with E-state index in [4.69, 9.17) is 5.73 Å². The molecule has 0 fully saturated rings. The Morgan fingerprint density at radius 1 is 0.500 bits per heavy atom. The Bertz CT molecular complexity index is 2700. The summed E-state index contributed by atoms with van der Waals surface area (Å²) < 4.78 is 140. The van der Waals surface area contributed by atoms with Crippen molar-refractivity contribution in [3.05, 3.63) is 72.8 Å². The van der Waals surface area contributed by atoms with Gasteiger partial charge in [0.05, 0.1) is 36.6 Å². The Hall–Kier alpha value is -0.940. The zero-order chi connectivity index (χ0) is 35.4. The Labute approximate surface area is 384 Å². The molecule has 0 saturated heterocycles. The second kappa shape index (κ2) is 18.3. The Morgan fingerprint density at radius 3 is 1.50 bits per heavy atom. The number of nitrogen functional groups attached to an aromatic ring is 1. The first kappa shape index (κ1) is 49.1. The number of fused-ring (bicyclic) bond motifs is 2. The fourth-order valence-electron chi connectivity index (χ4n) is 4.42. The van der Waals surface area contributed by atoms with Gasteiger partial charge in [-0.3, -0.25) is 0 Å². The van der Waals surface area contributed by atoms with Crippen LogP contribution >= 0.6 is 0 Å². The van der Waals surface area contributed by atoms with Crippen LogP contribution in [-0.4, -0.2) is 57.0 Å². The van der Waals surface area contributed by atoms with Crippen LogP contribution in [0.5, 0.6) is 5.75 Å². The quantitative estimate of drug-likeness (QED) is 0.0636. The first-order valence-electron chi connectivity index (χ1n) is 12.6. The van der Waals surface area contributed by atoms with E-state index in [0.29, 0.717) is 12.1 Å². The molecule has 0 aliphatic carbocycles. The second-order valence-corrected chi connectivity index (χ2v) is 15.2. The van der Waals surface area contributed by atoms with Gasteiger partial charge in [0.15, 0.2) is 5.75 Å². The van der Waals surface area contributed by atoms with Gasteiger partial charge in [-0.1, -0.05) is 6.07 Å². The molecule has 5 aromatic carbocycles. The third-order valence-corrected chi connectivity index (χ3v) is 10.0. The molecule has 0 bridgehead atoms. The number of aromatic hydroxyl groups is 1. The van der Waals surface area contributed by atoms with Crippen molar-refractivity contribution >= 4 is 90.5 Å². The number of phenolic OH excluding ortho intramolecular Hbond substituents is 1. The number of anilines is 1. The van der Waals surface area contributed by atoms with E-state index in [0.717, 1.165) is 30.3 Å². The maximum absolute atomic E-state index is 12.1. The molecule has 18 nitrogen and oxygen atoms in total. The summed E-state index contributed by atoms with van der Waals surface area (Å²) >= 11 is 0. The average Bonchev–Trinajstić information content (AvgIpc) is 2.97. The van der Waals surface area contributed by atoms with E-state index in [1.807, 2.05) is 0 Å². The van der Waals surface area contributed by atoms with Gasteiger partial charge >= 0.3 is 118 Å². The number of phenols is 1. The molecule has 0 radical (unpaired) electrons. The van der Waals surface area contributed by atoms with Crippen molar-refractivity contribution in [1.82, 2.24) is 0 Å². The Balaban J connectivity index is 0.00000338. The van der Waals surface area contributed by atoms with Crippen molar-refractivity contribution in [2.24, 2.45) is 20.5 Å². The number of nitrogens with two attached hydrogens (primary N) is 1. The number of rotatable bonds is 8. The van der Waals surface area contributed by atoms with Gasteiger partial charge in [0.1, 0.15) is 46.2 Å². The van der Waals surface area contributed by atoms with Gasteiger partial charge in [-0.15, -0.1) is 15.3 Å². The number of nitrogens with zero attached hydrogens (tertiary/aromatic N) is 4. The molecule has 0 aliphatic rings. The Kier molecular flexibility index (Phi) is 17.3. The normalized spacial score (nSPS) is 12.2. The van der Waals surface area contributed by atoms with Gasteiger partial charge in [-0.25, -0.2) is 33.7 Å². The first-order valence-corrected chi connectivity index (χ1v) is 18.2. The fourth-order valence-corrected chi connectivity index (χ4v) is 6.65. The van der Waals surface area contributed by atoms with Crippen molar-refractivity contribution in [3.63, 3.8) is 0 Å². The monoisotopic (exact) mass is 825 g/mol. The van der Waals surface area contributed by atoms with Crippen molar-refractivity contribution in [2.75, 3.05) is 5.73 Å². The molecule has 0 heterocycles. The molecule has 0 saturated carbocycles. The third kappa shape index (κ3) is 11.1. The second-order valence-electron chi connectivity index (χ2n) is 9.70. The summed E-state index contributed by atoms with van der Waals surface area (Å²) in [4.78, 5) is -3.35. The summed E-state index contributed by atoms with van der Waals surface area (Å²) in [5.41, 5.74) is 4.03. The predicted molar refractivity (Wildman–Crippen MR) is 161 cm³/mol. The van der Waals surface area contributed by atoms with Gasteiger partial charge in [0.25, 0.3) is 0 Å². The first-order chi connectivity index (χ1) is 22.1. The van der Waals surface area contributed by atoms with Gasteiger partial charge in [0.2, 0.25) is 0 Å². The third-order valence-electron chi connectivity index (χ3n) is 6.61. The maximum atomic E-state index is 12.1. The van der Waals surface area contributed by atoms with E-state index in [1.165, 1.54) is 30.3 Å². The molecule has 0 spiro atoms. The average molecular weight is 826 g/mol. The smallest absolute Gasteiger partial charge is 0.744 e. The molecule has 0 atom stereocenters. The van der Waals surface area contributed by atoms with Crippen LogP contribution in [-0.2, 0) is 40.5 Å². The van der Waals surface area contributed by atoms with E-state index < -0.39 is 77.2 Å². The van der Waals surface area contributed by atoms with Gasteiger partial charge in [-0.2, -0.15) is 5.11 Å². The molecule has 5 rings (SSSR count). The summed E-state index contributed by atoms with van der Waals surface area (Å²) in [6.07, 6.45) is 0. The minimum atomic E-state index is -5.45. The largest absolute Gasteiger partial charge is 1.00 e. The van der Waals surface area contributed by atoms with Crippen molar-refractivity contribution in [2.45, 2.75) is 19.6 Å². The van der Waals surface area contributed by atoms with Crippen LogP contribution in [0.1, 0.15) is 0 Å². The molecule has 0 aromatic heterocycles. The number of benzene rings is 5. The zero-order valence-corrected chi connectivity index (χ0v) is 38.5. The molecule has 0 amide bonds. The van der Waals surface area contributed by atoms with E-state index in [9.17, 15) is 57.0 Å². The number of azo groups is 2. The van der Waals surface area contributed by atoms with Crippen molar-refractivity contribution in [3.8, 4) is 5.75 Å². The van der Waals surface area contributed by atoms with Crippen molar-refractivity contribution in [1.29, 1.82) is 0 Å². The van der Waals surface area contributed by atoms with Crippen LogP contribution in [0.3, 0.4) is 0 Å². The van der Waals surface area contributed by atoms with Crippen LogP contribution in [0.2, 0.25) is 0 Å². The fraction of sp³-hybridized carbons (Fsp3) is 0. The molecule has 52 heavy (non-hydrogen) atoms. The molecule has 0 unspecified atom stereocenters. The predicted octanol–water partition coefficient (Wildman–Crippen LogP) is -8.26.